The number of anilines is 2. The van der Waals surface area contributed by atoms with E-state index < -0.39 is 5.60 Å². The second kappa shape index (κ2) is 5.84. The molecule has 0 aliphatic carbocycles. The first-order chi connectivity index (χ1) is 7.93. The maximum atomic E-state index is 10.1. The molecule has 0 fully saturated rings. The fourth-order valence-electron chi connectivity index (χ4n) is 1.85. The number of hydrogen-bond acceptors (Lipinski definition) is 5. The molecule has 1 rings (SSSR count). The first kappa shape index (κ1) is 13.7. The van der Waals surface area contributed by atoms with Gasteiger partial charge in [-0.05, 0) is 31.4 Å². The normalized spacial score (nSPS) is 14.5. The monoisotopic (exact) mass is 238 g/mol. The van der Waals surface area contributed by atoms with Crippen LogP contribution in [-0.4, -0.2) is 22.2 Å². The summed E-state index contributed by atoms with van der Waals surface area (Å²) in [6.45, 7) is 6.47. The molecule has 5 N–H and O–H groups in total. The molecule has 0 aliphatic rings. The third-order valence-electron chi connectivity index (χ3n) is 2.40. The van der Waals surface area contributed by atoms with Crippen molar-refractivity contribution < 1.29 is 5.11 Å². The van der Waals surface area contributed by atoms with Gasteiger partial charge in [0.25, 0.3) is 0 Å². The molecular weight excluding hydrogens is 216 g/mol. The number of aromatic nitrogens is 1. The summed E-state index contributed by atoms with van der Waals surface area (Å²) in [6, 6.07) is 5.46. The minimum absolute atomic E-state index is 0.455. The number of nitrogens with two attached hydrogens (primary N) is 1. The van der Waals surface area contributed by atoms with Crippen LogP contribution < -0.4 is 16.6 Å². The van der Waals surface area contributed by atoms with Crippen molar-refractivity contribution in [2.75, 3.05) is 17.3 Å². The Morgan fingerprint density at radius 2 is 2.06 bits per heavy atom. The van der Waals surface area contributed by atoms with Crippen LogP contribution in [0.3, 0.4) is 0 Å². The van der Waals surface area contributed by atoms with E-state index in [4.69, 9.17) is 5.84 Å². The van der Waals surface area contributed by atoms with E-state index in [1.807, 2.05) is 19.1 Å². The SMILES string of the molecule is CC(C)CC(C)(O)CNc1cccc(NN)n1. The maximum Gasteiger partial charge on any atom is 0.142 e. The van der Waals surface area contributed by atoms with Gasteiger partial charge in [0, 0.05) is 6.54 Å². The van der Waals surface area contributed by atoms with E-state index in [0.29, 0.717) is 24.1 Å². The third-order valence-corrected chi connectivity index (χ3v) is 2.40. The van der Waals surface area contributed by atoms with E-state index in [1.165, 1.54) is 0 Å². The number of nitrogen functional groups attached to an aromatic ring is 1. The van der Waals surface area contributed by atoms with E-state index >= 15 is 0 Å². The molecule has 5 heteroatoms. The average molecular weight is 238 g/mol. The first-order valence-corrected chi connectivity index (χ1v) is 5.83. The van der Waals surface area contributed by atoms with Crippen molar-refractivity contribution >= 4 is 11.6 Å². The van der Waals surface area contributed by atoms with Crippen LogP contribution in [0.2, 0.25) is 0 Å². The van der Waals surface area contributed by atoms with E-state index in [-0.39, 0.29) is 0 Å². The van der Waals surface area contributed by atoms with Gasteiger partial charge in [-0.15, -0.1) is 0 Å². The van der Waals surface area contributed by atoms with Crippen LogP contribution in [0.5, 0.6) is 0 Å². The lowest BCUT2D eigenvalue weighted by atomic mass is 9.94. The summed E-state index contributed by atoms with van der Waals surface area (Å²) in [7, 11) is 0. The van der Waals surface area contributed by atoms with Crippen LogP contribution in [0, 0.1) is 5.92 Å². The summed E-state index contributed by atoms with van der Waals surface area (Å²) in [5.74, 6) is 7.03. The third kappa shape index (κ3) is 5.01. The molecule has 1 heterocycles. The fraction of sp³-hybridized carbons (Fsp3) is 0.583. The molecule has 0 amide bonds. The van der Waals surface area contributed by atoms with Crippen molar-refractivity contribution in [2.45, 2.75) is 32.8 Å². The Morgan fingerprint density at radius 3 is 2.65 bits per heavy atom. The lowest BCUT2D eigenvalue weighted by Crippen LogP contribution is -2.35. The molecule has 0 aromatic carbocycles. The van der Waals surface area contributed by atoms with Crippen LogP contribution in [0.4, 0.5) is 11.6 Å². The van der Waals surface area contributed by atoms with Gasteiger partial charge in [-0.25, -0.2) is 10.8 Å². The second-order valence-corrected chi connectivity index (χ2v) is 5.00. The summed E-state index contributed by atoms with van der Waals surface area (Å²) < 4.78 is 0. The first-order valence-electron chi connectivity index (χ1n) is 5.83. The Labute approximate surface area is 102 Å². The minimum atomic E-state index is -0.734. The predicted molar refractivity (Wildman–Crippen MR) is 70.6 cm³/mol. The fourth-order valence-corrected chi connectivity index (χ4v) is 1.85. The Kier molecular flexibility index (Phi) is 4.72. The maximum absolute atomic E-state index is 10.1. The molecule has 0 radical (unpaired) electrons. The molecule has 5 nitrogen and oxygen atoms in total. The molecular formula is C12H22N4O. The number of pyridine rings is 1. The quantitative estimate of drug-likeness (QED) is 0.447. The van der Waals surface area contributed by atoms with Crippen LogP contribution in [0.25, 0.3) is 0 Å². The molecule has 1 atom stereocenters. The standard InChI is InChI=1S/C12H22N4O/c1-9(2)7-12(3,17)8-14-10-5-4-6-11(15-10)16-13/h4-6,9,17H,7-8,13H2,1-3H3,(H2,14,15,16). The Hall–Kier alpha value is -1.33. The number of aliphatic hydroxyl groups is 1. The Morgan fingerprint density at radius 1 is 1.41 bits per heavy atom. The average Bonchev–Trinajstić information content (AvgIpc) is 2.25. The Bertz CT molecular complexity index is 352. The lowest BCUT2D eigenvalue weighted by molar-refractivity contribution is 0.0515. The van der Waals surface area contributed by atoms with Crippen LogP contribution in [0.1, 0.15) is 27.2 Å². The highest BCUT2D eigenvalue weighted by Gasteiger charge is 2.21. The Balaban J connectivity index is 2.54. The molecule has 17 heavy (non-hydrogen) atoms. The number of hydrogen-bond donors (Lipinski definition) is 4. The summed E-state index contributed by atoms with van der Waals surface area (Å²) in [4.78, 5) is 4.22. The van der Waals surface area contributed by atoms with Crippen molar-refractivity contribution in [1.29, 1.82) is 0 Å². The van der Waals surface area contributed by atoms with Crippen molar-refractivity contribution in [3.63, 3.8) is 0 Å². The molecule has 0 saturated heterocycles. The minimum Gasteiger partial charge on any atom is -0.388 e. The molecule has 1 aromatic rings. The van der Waals surface area contributed by atoms with Gasteiger partial charge < -0.3 is 15.8 Å². The summed E-state index contributed by atoms with van der Waals surface area (Å²) in [5.41, 5.74) is 1.75. The van der Waals surface area contributed by atoms with Crippen molar-refractivity contribution in [3.05, 3.63) is 18.2 Å². The number of rotatable bonds is 6. The van der Waals surface area contributed by atoms with E-state index in [9.17, 15) is 5.11 Å². The molecule has 0 spiro atoms. The van der Waals surface area contributed by atoms with Crippen LogP contribution in [0.15, 0.2) is 18.2 Å². The molecule has 1 unspecified atom stereocenters. The van der Waals surface area contributed by atoms with E-state index in [1.54, 1.807) is 6.07 Å². The topological polar surface area (TPSA) is 83.2 Å². The zero-order valence-electron chi connectivity index (χ0n) is 10.7. The summed E-state index contributed by atoms with van der Waals surface area (Å²) in [5, 5.41) is 13.3. The lowest BCUT2D eigenvalue weighted by Gasteiger charge is -2.25. The van der Waals surface area contributed by atoms with Gasteiger partial charge >= 0.3 is 0 Å². The predicted octanol–water partition coefficient (Wildman–Crippen LogP) is 1.58. The highest BCUT2D eigenvalue weighted by atomic mass is 16.3. The van der Waals surface area contributed by atoms with Crippen LogP contribution in [-0.2, 0) is 0 Å². The molecule has 0 bridgehead atoms. The number of nitrogens with zero attached hydrogens (tertiary/aromatic N) is 1. The molecule has 0 aliphatic heterocycles. The number of hydrazine groups is 1. The van der Waals surface area contributed by atoms with Crippen molar-refractivity contribution in [1.82, 2.24) is 4.98 Å². The van der Waals surface area contributed by atoms with Gasteiger partial charge in [-0.3, -0.25) is 0 Å². The molecule has 96 valence electrons. The van der Waals surface area contributed by atoms with Gasteiger partial charge in [0.15, 0.2) is 0 Å². The largest absolute Gasteiger partial charge is 0.388 e. The highest BCUT2D eigenvalue weighted by molar-refractivity contribution is 5.44. The highest BCUT2D eigenvalue weighted by Crippen LogP contribution is 2.17. The van der Waals surface area contributed by atoms with Crippen molar-refractivity contribution in [2.24, 2.45) is 11.8 Å². The van der Waals surface area contributed by atoms with Crippen molar-refractivity contribution in [3.8, 4) is 0 Å². The second-order valence-electron chi connectivity index (χ2n) is 5.00. The van der Waals surface area contributed by atoms with Gasteiger partial charge in [0.2, 0.25) is 0 Å². The number of nitrogens with one attached hydrogen (secondary N) is 2. The van der Waals surface area contributed by atoms with Gasteiger partial charge in [-0.1, -0.05) is 19.9 Å². The zero-order valence-corrected chi connectivity index (χ0v) is 10.7. The van der Waals surface area contributed by atoms with E-state index in [2.05, 4.69) is 29.6 Å². The smallest absolute Gasteiger partial charge is 0.142 e. The molecule has 0 saturated carbocycles. The zero-order chi connectivity index (χ0) is 12.9. The summed E-state index contributed by atoms with van der Waals surface area (Å²) >= 11 is 0. The van der Waals surface area contributed by atoms with Gasteiger partial charge in [0.05, 0.1) is 5.60 Å². The van der Waals surface area contributed by atoms with Gasteiger partial charge in [-0.2, -0.15) is 0 Å². The summed E-state index contributed by atoms with van der Waals surface area (Å²) in [6.07, 6.45) is 0.745. The van der Waals surface area contributed by atoms with Crippen LogP contribution >= 0.6 is 0 Å². The molecule has 1 aromatic heterocycles. The van der Waals surface area contributed by atoms with E-state index in [0.717, 1.165) is 6.42 Å². The van der Waals surface area contributed by atoms with Gasteiger partial charge in [0.1, 0.15) is 11.6 Å².